The summed E-state index contributed by atoms with van der Waals surface area (Å²) in [6, 6.07) is 3.93. The number of carbonyl (C=O) groups excluding carboxylic acids is 4. The van der Waals surface area contributed by atoms with E-state index in [2.05, 4.69) is 21.3 Å². The number of carboxylic acid groups (broad SMARTS) is 1. The predicted molar refractivity (Wildman–Crippen MR) is 131 cm³/mol. The van der Waals surface area contributed by atoms with E-state index in [0.29, 0.717) is 19.4 Å². The maximum absolute atomic E-state index is 12.9. The van der Waals surface area contributed by atoms with E-state index < -0.39 is 29.9 Å². The van der Waals surface area contributed by atoms with Crippen LogP contribution >= 0.6 is 0 Å². The molecular weight excluding hydrogens is 468 g/mol. The van der Waals surface area contributed by atoms with Gasteiger partial charge in [0.05, 0.1) is 11.6 Å². The first-order valence-electron chi connectivity index (χ1n) is 12.2. The number of rotatable bonds is 2. The Hall–Kier alpha value is -3.63. The molecule has 11 nitrogen and oxygen atoms in total. The van der Waals surface area contributed by atoms with Crippen molar-refractivity contribution in [2.75, 3.05) is 13.2 Å². The molecule has 198 valence electrons. The normalized spacial score (nSPS) is 23.6. The van der Waals surface area contributed by atoms with E-state index >= 15 is 0 Å². The van der Waals surface area contributed by atoms with Gasteiger partial charge in [-0.2, -0.15) is 0 Å². The van der Waals surface area contributed by atoms with Gasteiger partial charge in [-0.3, -0.25) is 19.2 Å². The Balaban J connectivity index is 2.21. The van der Waals surface area contributed by atoms with Crippen LogP contribution in [-0.2, 0) is 19.2 Å². The van der Waals surface area contributed by atoms with E-state index in [0.717, 1.165) is 0 Å². The van der Waals surface area contributed by atoms with Gasteiger partial charge in [-0.1, -0.05) is 26.0 Å². The fourth-order valence-corrected chi connectivity index (χ4v) is 3.67. The Kier molecular flexibility index (Phi) is 11.2. The molecule has 1 aliphatic heterocycles. The summed E-state index contributed by atoms with van der Waals surface area (Å²) in [5, 5.41) is 20.3. The molecule has 0 saturated heterocycles. The minimum Gasteiger partial charge on any atom is -0.491 e. The second-order valence-corrected chi connectivity index (χ2v) is 9.22. The molecule has 0 saturated carbocycles. The molecule has 4 amide bonds. The van der Waals surface area contributed by atoms with Crippen LogP contribution in [0.1, 0.15) is 63.2 Å². The Morgan fingerprint density at radius 3 is 2.39 bits per heavy atom. The number of hydrogen-bond donors (Lipinski definition) is 5. The standard InChI is InChI=1S/C25H36N4O7/c1-15(2)22-24(33)26-13-7-6-10-20(30)27-16(3)14-36-19-9-5-4-8-17(19)23(32)28-18(25(34)35)11-12-21(31)29-22/h4-5,8-9,15-16,18,22H,6-7,10-14H2,1-3H3,(H,26,33)(H,27,30)(H,28,32)(H,29,31)(H,34,35)/t16-,18-,22+/m0/s1. The molecule has 11 heteroatoms. The van der Waals surface area contributed by atoms with E-state index in [9.17, 15) is 29.1 Å². The van der Waals surface area contributed by atoms with Gasteiger partial charge in [-0.15, -0.1) is 0 Å². The zero-order valence-corrected chi connectivity index (χ0v) is 21.0. The predicted octanol–water partition coefficient (Wildman–Crippen LogP) is 0.974. The number of carbonyl (C=O) groups is 5. The number of hydrogen-bond acceptors (Lipinski definition) is 6. The maximum Gasteiger partial charge on any atom is 0.326 e. The van der Waals surface area contributed by atoms with Gasteiger partial charge in [0.1, 0.15) is 24.4 Å². The lowest BCUT2D eigenvalue weighted by atomic mass is 10.0. The average molecular weight is 505 g/mol. The number of amides is 4. The van der Waals surface area contributed by atoms with Gasteiger partial charge < -0.3 is 31.1 Å². The van der Waals surface area contributed by atoms with Crippen LogP contribution in [0.5, 0.6) is 5.75 Å². The van der Waals surface area contributed by atoms with E-state index in [1.165, 1.54) is 6.07 Å². The number of aliphatic carboxylic acids is 1. The Labute approximate surface area is 210 Å². The molecule has 0 aromatic heterocycles. The van der Waals surface area contributed by atoms with E-state index in [4.69, 9.17) is 4.74 Å². The average Bonchev–Trinajstić information content (AvgIpc) is 2.82. The van der Waals surface area contributed by atoms with Crippen molar-refractivity contribution in [2.24, 2.45) is 5.92 Å². The summed E-state index contributed by atoms with van der Waals surface area (Å²) < 4.78 is 5.74. The van der Waals surface area contributed by atoms with Crippen LogP contribution in [0, 0.1) is 5.92 Å². The lowest BCUT2D eigenvalue weighted by molar-refractivity contribution is -0.139. The largest absolute Gasteiger partial charge is 0.491 e. The number of ether oxygens (including phenoxy) is 1. The molecule has 1 heterocycles. The summed E-state index contributed by atoms with van der Waals surface area (Å²) in [6.45, 7) is 5.81. The molecule has 0 aliphatic carbocycles. The third-order valence-electron chi connectivity index (χ3n) is 5.69. The molecule has 0 unspecified atom stereocenters. The molecule has 36 heavy (non-hydrogen) atoms. The molecule has 1 aromatic carbocycles. The first-order chi connectivity index (χ1) is 17.1. The number of fused-ring (bicyclic) bond motifs is 1. The highest BCUT2D eigenvalue weighted by Crippen LogP contribution is 2.19. The zero-order chi connectivity index (χ0) is 26.7. The summed E-state index contributed by atoms with van der Waals surface area (Å²) in [5.74, 6) is -2.92. The minimum absolute atomic E-state index is 0.102. The second kappa shape index (κ2) is 14.1. The van der Waals surface area contributed by atoms with Crippen LogP contribution in [0.3, 0.4) is 0 Å². The molecule has 0 radical (unpaired) electrons. The van der Waals surface area contributed by atoms with Crippen LogP contribution in [0.25, 0.3) is 0 Å². The minimum atomic E-state index is -1.32. The molecule has 0 spiro atoms. The number of carboxylic acids is 1. The van der Waals surface area contributed by atoms with Gasteiger partial charge in [0.25, 0.3) is 5.91 Å². The second-order valence-electron chi connectivity index (χ2n) is 9.22. The van der Waals surface area contributed by atoms with Crippen LogP contribution < -0.4 is 26.0 Å². The molecule has 2 rings (SSSR count). The Morgan fingerprint density at radius 1 is 1.00 bits per heavy atom. The van der Waals surface area contributed by atoms with Gasteiger partial charge in [0, 0.05) is 19.4 Å². The van der Waals surface area contributed by atoms with Crippen molar-refractivity contribution >= 4 is 29.6 Å². The molecule has 0 fully saturated rings. The van der Waals surface area contributed by atoms with E-state index in [1.807, 2.05) is 0 Å². The zero-order valence-electron chi connectivity index (χ0n) is 21.0. The van der Waals surface area contributed by atoms with E-state index in [1.54, 1.807) is 39.0 Å². The highest BCUT2D eigenvalue weighted by molar-refractivity contribution is 5.99. The fourth-order valence-electron chi connectivity index (χ4n) is 3.67. The van der Waals surface area contributed by atoms with Crippen LogP contribution in [0.4, 0.5) is 0 Å². The van der Waals surface area contributed by atoms with Gasteiger partial charge in [-0.25, -0.2) is 4.79 Å². The van der Waals surface area contributed by atoms with E-state index in [-0.39, 0.29) is 61.0 Å². The fraction of sp³-hybridized carbons (Fsp3) is 0.560. The van der Waals surface area contributed by atoms with Crippen LogP contribution in [0.2, 0.25) is 0 Å². The van der Waals surface area contributed by atoms with Crippen molar-refractivity contribution in [3.05, 3.63) is 29.8 Å². The van der Waals surface area contributed by atoms with Gasteiger partial charge >= 0.3 is 5.97 Å². The summed E-state index contributed by atoms with van der Waals surface area (Å²) in [6.07, 6.45) is 1.07. The van der Waals surface area contributed by atoms with Crippen molar-refractivity contribution in [1.29, 1.82) is 0 Å². The molecule has 3 atom stereocenters. The van der Waals surface area contributed by atoms with Crippen molar-refractivity contribution < 1.29 is 33.8 Å². The van der Waals surface area contributed by atoms with Crippen molar-refractivity contribution in [3.63, 3.8) is 0 Å². The third-order valence-corrected chi connectivity index (χ3v) is 5.69. The number of benzene rings is 1. The number of para-hydroxylation sites is 1. The van der Waals surface area contributed by atoms with Crippen molar-refractivity contribution in [3.8, 4) is 5.75 Å². The van der Waals surface area contributed by atoms with Crippen molar-refractivity contribution in [2.45, 2.75) is 71.0 Å². The Morgan fingerprint density at radius 2 is 1.69 bits per heavy atom. The van der Waals surface area contributed by atoms with Gasteiger partial charge in [0.15, 0.2) is 0 Å². The quantitative estimate of drug-likeness (QED) is 0.401. The molecule has 1 aliphatic rings. The Bertz CT molecular complexity index is 950. The SMILES string of the molecule is CC(C)[C@H]1NC(=O)CC[C@@H](C(=O)O)NC(=O)c2ccccc2OC[C@H](C)NC(=O)CCCCNC1=O. The molecule has 5 N–H and O–H groups in total. The summed E-state index contributed by atoms with van der Waals surface area (Å²) in [5.41, 5.74) is 0.133. The lowest BCUT2D eigenvalue weighted by Gasteiger charge is -2.22. The van der Waals surface area contributed by atoms with Crippen LogP contribution in [-0.4, -0.2) is 66.0 Å². The van der Waals surface area contributed by atoms with Crippen molar-refractivity contribution in [1.82, 2.24) is 21.3 Å². The summed E-state index contributed by atoms with van der Waals surface area (Å²) >= 11 is 0. The monoisotopic (exact) mass is 504 g/mol. The van der Waals surface area contributed by atoms with Gasteiger partial charge in [0.2, 0.25) is 17.7 Å². The first kappa shape index (κ1) is 28.6. The highest BCUT2D eigenvalue weighted by atomic mass is 16.5. The summed E-state index contributed by atoms with van der Waals surface area (Å²) in [4.78, 5) is 61.9. The van der Waals surface area contributed by atoms with Crippen LogP contribution in [0.15, 0.2) is 24.3 Å². The topological polar surface area (TPSA) is 163 Å². The summed E-state index contributed by atoms with van der Waals surface area (Å²) in [7, 11) is 0. The first-order valence-corrected chi connectivity index (χ1v) is 12.2. The highest BCUT2D eigenvalue weighted by Gasteiger charge is 2.27. The smallest absolute Gasteiger partial charge is 0.326 e. The molecular formula is C25H36N4O7. The third kappa shape index (κ3) is 9.20. The molecule has 1 aromatic rings. The lowest BCUT2D eigenvalue weighted by Crippen LogP contribution is -2.50. The number of nitrogens with one attached hydrogen (secondary N) is 4. The molecule has 0 bridgehead atoms. The van der Waals surface area contributed by atoms with Gasteiger partial charge in [-0.05, 0) is 44.2 Å². The maximum atomic E-state index is 12.9.